The zero-order valence-electron chi connectivity index (χ0n) is 11.1. The van der Waals surface area contributed by atoms with E-state index in [-0.39, 0.29) is 0 Å². The smallest absolute Gasteiger partial charge is 0.156 e. The van der Waals surface area contributed by atoms with Crippen molar-refractivity contribution < 1.29 is 0 Å². The maximum Gasteiger partial charge on any atom is 0.156 e. The molecule has 5 heteroatoms. The van der Waals surface area contributed by atoms with E-state index < -0.39 is 0 Å². The number of imidazole rings is 1. The van der Waals surface area contributed by atoms with Gasteiger partial charge in [0.2, 0.25) is 0 Å². The minimum absolute atomic E-state index is 0.776. The van der Waals surface area contributed by atoms with Gasteiger partial charge in [-0.3, -0.25) is 0 Å². The van der Waals surface area contributed by atoms with Crippen molar-refractivity contribution in [2.24, 2.45) is 12.8 Å². The second-order valence-electron chi connectivity index (χ2n) is 4.63. The molecule has 0 aromatic carbocycles. The molecule has 2 heterocycles. The molecule has 2 N–H and O–H groups in total. The Labute approximate surface area is 108 Å². The first-order valence-electron chi connectivity index (χ1n) is 6.41. The summed E-state index contributed by atoms with van der Waals surface area (Å²) in [4.78, 5) is 11.0. The van der Waals surface area contributed by atoms with Gasteiger partial charge in [0.05, 0.1) is 11.8 Å². The van der Waals surface area contributed by atoms with Gasteiger partial charge in [0.25, 0.3) is 0 Å². The summed E-state index contributed by atoms with van der Waals surface area (Å²) < 4.78 is 2.02. The third kappa shape index (κ3) is 2.61. The molecule has 0 bridgehead atoms. The van der Waals surface area contributed by atoms with Gasteiger partial charge in [0, 0.05) is 26.8 Å². The lowest BCUT2D eigenvalue weighted by molar-refractivity contribution is 0.677. The molecule has 18 heavy (non-hydrogen) atoms. The summed E-state index contributed by atoms with van der Waals surface area (Å²) in [5, 5.41) is 0. The standard InChI is InChI=1S/C13H21N5/c1-17(9-5-3-4-7-14)13-12-11(6-8-15-13)18(2)10-16-12/h6,8,10H,3-5,7,9,14H2,1-2H3. The van der Waals surface area contributed by atoms with Crippen LogP contribution in [0.4, 0.5) is 5.82 Å². The van der Waals surface area contributed by atoms with Gasteiger partial charge in [0.15, 0.2) is 5.82 Å². The Morgan fingerprint density at radius 1 is 1.28 bits per heavy atom. The Morgan fingerprint density at radius 2 is 2.11 bits per heavy atom. The highest BCUT2D eigenvalue weighted by Gasteiger charge is 2.10. The molecule has 0 fully saturated rings. The number of pyridine rings is 1. The molecule has 0 radical (unpaired) electrons. The summed E-state index contributed by atoms with van der Waals surface area (Å²) in [6.07, 6.45) is 7.07. The van der Waals surface area contributed by atoms with E-state index in [9.17, 15) is 0 Å². The molecule has 0 atom stereocenters. The van der Waals surface area contributed by atoms with Crippen LogP contribution in [-0.2, 0) is 7.05 Å². The van der Waals surface area contributed by atoms with E-state index in [0.29, 0.717) is 0 Å². The second-order valence-corrected chi connectivity index (χ2v) is 4.63. The fourth-order valence-electron chi connectivity index (χ4n) is 2.10. The van der Waals surface area contributed by atoms with Crippen LogP contribution < -0.4 is 10.6 Å². The number of hydrogen-bond acceptors (Lipinski definition) is 4. The molecule has 5 nitrogen and oxygen atoms in total. The Morgan fingerprint density at radius 3 is 2.89 bits per heavy atom. The number of fused-ring (bicyclic) bond motifs is 1. The number of hydrogen-bond donors (Lipinski definition) is 1. The van der Waals surface area contributed by atoms with Gasteiger partial charge < -0.3 is 15.2 Å². The Kier molecular flexibility index (Phi) is 4.15. The predicted octanol–water partition coefficient (Wildman–Crippen LogP) is 1.53. The summed E-state index contributed by atoms with van der Waals surface area (Å²) >= 11 is 0. The molecule has 98 valence electrons. The van der Waals surface area contributed by atoms with Crippen molar-refractivity contribution in [2.45, 2.75) is 19.3 Å². The van der Waals surface area contributed by atoms with Gasteiger partial charge in [-0.1, -0.05) is 6.42 Å². The topological polar surface area (TPSA) is 60.0 Å². The molecular weight excluding hydrogens is 226 g/mol. The predicted molar refractivity (Wildman–Crippen MR) is 74.7 cm³/mol. The van der Waals surface area contributed by atoms with Crippen LogP contribution in [0, 0.1) is 0 Å². The van der Waals surface area contributed by atoms with E-state index in [0.717, 1.165) is 42.8 Å². The summed E-state index contributed by atoms with van der Waals surface area (Å²) in [7, 11) is 4.07. The van der Waals surface area contributed by atoms with Gasteiger partial charge >= 0.3 is 0 Å². The molecule has 0 saturated carbocycles. The first kappa shape index (κ1) is 12.8. The normalized spacial score (nSPS) is 11.1. The molecule has 0 saturated heterocycles. The van der Waals surface area contributed by atoms with Crippen molar-refractivity contribution in [3.63, 3.8) is 0 Å². The van der Waals surface area contributed by atoms with Crippen LogP contribution in [0.2, 0.25) is 0 Å². The molecule has 0 aliphatic rings. The number of unbranched alkanes of at least 4 members (excludes halogenated alkanes) is 2. The van der Waals surface area contributed by atoms with E-state index in [1.165, 1.54) is 6.42 Å². The van der Waals surface area contributed by atoms with E-state index in [2.05, 4.69) is 21.9 Å². The van der Waals surface area contributed by atoms with Gasteiger partial charge in [0.1, 0.15) is 5.52 Å². The zero-order chi connectivity index (χ0) is 13.0. The Hall–Kier alpha value is -1.62. The van der Waals surface area contributed by atoms with Crippen LogP contribution in [-0.4, -0.2) is 34.7 Å². The number of aromatic nitrogens is 3. The molecule has 2 aromatic rings. The van der Waals surface area contributed by atoms with Gasteiger partial charge in [-0.25, -0.2) is 9.97 Å². The van der Waals surface area contributed by atoms with Crippen LogP contribution in [0.15, 0.2) is 18.6 Å². The minimum Gasteiger partial charge on any atom is -0.358 e. The Balaban J connectivity index is 2.10. The Bertz CT molecular complexity index is 505. The first-order valence-corrected chi connectivity index (χ1v) is 6.41. The summed E-state index contributed by atoms with van der Waals surface area (Å²) in [6, 6.07) is 1.99. The number of rotatable bonds is 6. The van der Waals surface area contributed by atoms with Crippen molar-refractivity contribution in [2.75, 3.05) is 25.0 Å². The molecule has 0 aliphatic heterocycles. The van der Waals surface area contributed by atoms with Gasteiger partial charge in [-0.2, -0.15) is 0 Å². The van der Waals surface area contributed by atoms with E-state index in [1.807, 2.05) is 30.2 Å². The summed E-state index contributed by atoms with van der Waals surface area (Å²) in [5.74, 6) is 0.959. The lowest BCUT2D eigenvalue weighted by Crippen LogP contribution is -2.20. The largest absolute Gasteiger partial charge is 0.358 e. The average Bonchev–Trinajstić information content (AvgIpc) is 2.76. The van der Waals surface area contributed by atoms with Crippen molar-refractivity contribution in [3.05, 3.63) is 18.6 Å². The number of aryl methyl sites for hydroxylation is 1. The van der Waals surface area contributed by atoms with E-state index in [1.54, 1.807) is 0 Å². The quantitative estimate of drug-likeness (QED) is 0.786. The number of anilines is 1. The van der Waals surface area contributed by atoms with Crippen LogP contribution in [0.25, 0.3) is 11.0 Å². The molecule has 2 aromatic heterocycles. The second kappa shape index (κ2) is 5.82. The third-order valence-electron chi connectivity index (χ3n) is 3.18. The van der Waals surface area contributed by atoms with Gasteiger partial charge in [-0.15, -0.1) is 0 Å². The van der Waals surface area contributed by atoms with E-state index >= 15 is 0 Å². The lowest BCUT2D eigenvalue weighted by Gasteiger charge is -2.18. The van der Waals surface area contributed by atoms with Crippen molar-refractivity contribution >= 4 is 16.9 Å². The minimum atomic E-state index is 0.776. The van der Waals surface area contributed by atoms with Crippen molar-refractivity contribution in [1.82, 2.24) is 14.5 Å². The monoisotopic (exact) mass is 247 g/mol. The third-order valence-corrected chi connectivity index (χ3v) is 3.18. The number of nitrogens with two attached hydrogens (primary N) is 1. The van der Waals surface area contributed by atoms with Crippen LogP contribution in [0.1, 0.15) is 19.3 Å². The fourth-order valence-corrected chi connectivity index (χ4v) is 2.10. The first-order chi connectivity index (χ1) is 8.74. The van der Waals surface area contributed by atoms with Crippen molar-refractivity contribution in [1.29, 1.82) is 0 Å². The highest BCUT2D eigenvalue weighted by molar-refractivity contribution is 5.86. The molecule has 0 aliphatic carbocycles. The van der Waals surface area contributed by atoms with E-state index in [4.69, 9.17) is 5.73 Å². The highest BCUT2D eigenvalue weighted by atomic mass is 15.2. The highest BCUT2D eigenvalue weighted by Crippen LogP contribution is 2.21. The molecule has 0 spiro atoms. The molecule has 0 amide bonds. The fraction of sp³-hybridized carbons (Fsp3) is 0.538. The van der Waals surface area contributed by atoms with Crippen LogP contribution >= 0.6 is 0 Å². The maximum absolute atomic E-state index is 5.49. The zero-order valence-corrected chi connectivity index (χ0v) is 11.1. The van der Waals surface area contributed by atoms with Crippen molar-refractivity contribution in [3.8, 4) is 0 Å². The molecular formula is C13H21N5. The van der Waals surface area contributed by atoms with Crippen LogP contribution in [0.5, 0.6) is 0 Å². The summed E-state index contributed by atoms with van der Waals surface area (Å²) in [6.45, 7) is 1.76. The molecule has 0 unspecified atom stereocenters. The SMILES string of the molecule is CN(CCCCCN)c1nccc2c1ncn2C. The maximum atomic E-state index is 5.49. The summed E-state index contributed by atoms with van der Waals surface area (Å²) in [5.41, 5.74) is 7.59. The van der Waals surface area contributed by atoms with Crippen LogP contribution in [0.3, 0.4) is 0 Å². The van der Waals surface area contributed by atoms with Gasteiger partial charge in [-0.05, 0) is 25.5 Å². The lowest BCUT2D eigenvalue weighted by atomic mass is 10.2. The molecule has 2 rings (SSSR count). The average molecular weight is 247 g/mol. The number of nitrogens with zero attached hydrogens (tertiary/aromatic N) is 4.